The molecule has 2 fully saturated rings. The van der Waals surface area contributed by atoms with Crippen molar-refractivity contribution in [2.24, 2.45) is 13.0 Å². The molecule has 0 N–H and O–H groups in total. The number of nitrogens with zero attached hydrogens (tertiary/aromatic N) is 7. The van der Waals surface area contributed by atoms with Crippen molar-refractivity contribution in [3.05, 3.63) is 39.9 Å². The van der Waals surface area contributed by atoms with E-state index in [1.165, 1.54) is 6.42 Å². The molecule has 3 aromatic rings. The highest BCUT2D eigenvalue weighted by atomic mass is 35.5. The summed E-state index contributed by atoms with van der Waals surface area (Å²) < 4.78 is 3.44. The van der Waals surface area contributed by atoms with Gasteiger partial charge in [-0.05, 0) is 45.4 Å². The molecule has 2 atom stereocenters. The number of piperidine rings is 1. The Morgan fingerprint density at radius 2 is 1.97 bits per heavy atom. The Kier molecular flexibility index (Phi) is 5.35. The summed E-state index contributed by atoms with van der Waals surface area (Å²) in [6.45, 7) is 8.97. The maximum absolute atomic E-state index is 13.5. The molecule has 0 bridgehead atoms. The van der Waals surface area contributed by atoms with Crippen molar-refractivity contribution < 1.29 is 4.79 Å². The lowest BCUT2D eigenvalue weighted by molar-refractivity contribution is 0.0594. The first-order chi connectivity index (χ1) is 15.3. The summed E-state index contributed by atoms with van der Waals surface area (Å²) in [5.74, 6) is 1.65. The van der Waals surface area contributed by atoms with Crippen LogP contribution in [-0.2, 0) is 7.05 Å². The van der Waals surface area contributed by atoms with Crippen molar-refractivity contribution in [2.45, 2.75) is 52.5 Å². The highest BCUT2D eigenvalue weighted by Crippen LogP contribution is 2.34. The van der Waals surface area contributed by atoms with Gasteiger partial charge in [-0.2, -0.15) is 10.2 Å². The zero-order valence-corrected chi connectivity index (χ0v) is 19.9. The second-order valence-corrected chi connectivity index (χ2v) is 9.72. The van der Waals surface area contributed by atoms with Gasteiger partial charge in [0.25, 0.3) is 5.91 Å². The van der Waals surface area contributed by atoms with Crippen LogP contribution in [0.2, 0.25) is 5.02 Å². The lowest BCUT2D eigenvalue weighted by atomic mass is 9.99. The van der Waals surface area contributed by atoms with E-state index in [0.717, 1.165) is 55.1 Å². The van der Waals surface area contributed by atoms with Gasteiger partial charge in [0.1, 0.15) is 11.5 Å². The average Bonchev–Trinajstić information content (AvgIpc) is 3.44. The van der Waals surface area contributed by atoms with Crippen molar-refractivity contribution in [1.82, 2.24) is 29.3 Å². The van der Waals surface area contributed by atoms with Crippen LogP contribution in [0.5, 0.6) is 0 Å². The first kappa shape index (κ1) is 21.2. The van der Waals surface area contributed by atoms with Gasteiger partial charge in [0.05, 0.1) is 22.5 Å². The summed E-state index contributed by atoms with van der Waals surface area (Å²) >= 11 is 6.43. The maximum Gasteiger partial charge on any atom is 0.274 e. The molecule has 2 aliphatic rings. The Morgan fingerprint density at radius 1 is 1.16 bits per heavy atom. The van der Waals surface area contributed by atoms with Crippen LogP contribution in [0.3, 0.4) is 0 Å². The Hall–Kier alpha value is -2.61. The SMILES string of the molecule is Cc1cn2nc([C@@H]3CCCCN3C(=O)c3c(Cl)c(C)nn3C)cc2nc1N1CC[C@H](C)C1. The molecule has 0 spiro atoms. The van der Waals surface area contributed by atoms with Gasteiger partial charge in [-0.1, -0.05) is 18.5 Å². The van der Waals surface area contributed by atoms with Crippen LogP contribution >= 0.6 is 11.6 Å². The molecule has 1 amide bonds. The Bertz CT molecular complexity index is 1180. The average molecular weight is 456 g/mol. The molecule has 3 aromatic heterocycles. The van der Waals surface area contributed by atoms with E-state index in [9.17, 15) is 4.79 Å². The molecule has 32 heavy (non-hydrogen) atoms. The van der Waals surface area contributed by atoms with E-state index in [4.69, 9.17) is 21.7 Å². The fraction of sp³-hybridized carbons (Fsp3) is 0.565. The molecule has 170 valence electrons. The van der Waals surface area contributed by atoms with E-state index in [0.29, 0.717) is 28.9 Å². The highest BCUT2D eigenvalue weighted by molar-refractivity contribution is 6.34. The van der Waals surface area contributed by atoms with Gasteiger partial charge < -0.3 is 9.80 Å². The number of aromatic nitrogens is 5. The minimum Gasteiger partial charge on any atom is -0.356 e. The van der Waals surface area contributed by atoms with Crippen molar-refractivity contribution in [2.75, 3.05) is 24.5 Å². The fourth-order valence-corrected chi connectivity index (χ4v) is 5.35. The van der Waals surface area contributed by atoms with Gasteiger partial charge in [0, 0.05) is 44.5 Å². The van der Waals surface area contributed by atoms with Crippen LogP contribution in [-0.4, -0.2) is 54.8 Å². The van der Waals surface area contributed by atoms with E-state index in [1.807, 2.05) is 22.4 Å². The predicted octanol–water partition coefficient (Wildman–Crippen LogP) is 3.95. The van der Waals surface area contributed by atoms with E-state index >= 15 is 0 Å². The third-order valence-electron chi connectivity index (χ3n) is 6.80. The molecule has 0 aliphatic carbocycles. The van der Waals surface area contributed by atoms with Crippen LogP contribution in [0.4, 0.5) is 5.82 Å². The molecule has 0 radical (unpaired) electrons. The minimum absolute atomic E-state index is 0.0873. The number of aryl methyl sites for hydroxylation is 3. The number of hydrogen-bond donors (Lipinski definition) is 0. The second-order valence-electron chi connectivity index (χ2n) is 9.34. The number of halogens is 1. The van der Waals surface area contributed by atoms with E-state index in [-0.39, 0.29) is 11.9 Å². The number of amides is 1. The Balaban J connectivity index is 1.49. The highest BCUT2D eigenvalue weighted by Gasteiger charge is 2.34. The summed E-state index contributed by atoms with van der Waals surface area (Å²) in [4.78, 5) is 22.7. The number of carbonyl (C=O) groups is 1. The Labute approximate surface area is 193 Å². The molecule has 5 heterocycles. The molecule has 0 saturated carbocycles. The summed E-state index contributed by atoms with van der Waals surface area (Å²) in [5, 5.41) is 9.60. The minimum atomic E-state index is -0.0974. The van der Waals surface area contributed by atoms with Crippen molar-refractivity contribution in [3.8, 4) is 0 Å². The largest absolute Gasteiger partial charge is 0.356 e. The zero-order valence-electron chi connectivity index (χ0n) is 19.2. The molecule has 5 rings (SSSR count). The first-order valence-electron chi connectivity index (χ1n) is 11.5. The van der Waals surface area contributed by atoms with Gasteiger partial charge in [-0.25, -0.2) is 9.50 Å². The zero-order chi connectivity index (χ0) is 22.6. The molecular formula is C23H30ClN7O. The summed E-state index contributed by atoms with van der Waals surface area (Å²) in [6.07, 6.45) is 6.16. The van der Waals surface area contributed by atoms with Crippen LogP contribution < -0.4 is 4.90 Å². The van der Waals surface area contributed by atoms with E-state index in [1.54, 1.807) is 11.7 Å². The molecule has 2 aliphatic heterocycles. The summed E-state index contributed by atoms with van der Waals surface area (Å²) in [6, 6.07) is 1.94. The van der Waals surface area contributed by atoms with Gasteiger partial charge in [-0.15, -0.1) is 0 Å². The molecule has 0 aromatic carbocycles. The molecule has 9 heteroatoms. The molecular weight excluding hydrogens is 426 g/mol. The monoisotopic (exact) mass is 455 g/mol. The number of carbonyl (C=O) groups excluding carboxylic acids is 1. The standard InChI is InChI=1S/C23H30ClN7O/c1-14-8-10-29(12-14)22-15(2)13-31-19(25-22)11-17(27-31)18-7-5-6-9-30(18)23(32)21-20(24)16(3)26-28(21)4/h11,13-14,18H,5-10,12H2,1-4H3/t14-,18-/m0/s1. The van der Waals surface area contributed by atoms with E-state index in [2.05, 4.69) is 30.0 Å². The van der Waals surface area contributed by atoms with Crippen molar-refractivity contribution in [1.29, 1.82) is 0 Å². The molecule has 8 nitrogen and oxygen atoms in total. The molecule has 2 saturated heterocycles. The predicted molar refractivity (Wildman–Crippen MR) is 124 cm³/mol. The first-order valence-corrected chi connectivity index (χ1v) is 11.8. The smallest absolute Gasteiger partial charge is 0.274 e. The number of anilines is 1. The number of fused-ring (bicyclic) bond motifs is 1. The Morgan fingerprint density at radius 3 is 2.66 bits per heavy atom. The number of hydrogen-bond acceptors (Lipinski definition) is 5. The van der Waals surface area contributed by atoms with Gasteiger partial charge in [0.15, 0.2) is 5.65 Å². The van der Waals surface area contributed by atoms with Gasteiger partial charge in [0.2, 0.25) is 0 Å². The third-order valence-corrected chi connectivity index (χ3v) is 7.26. The van der Waals surface area contributed by atoms with Gasteiger partial charge in [-0.3, -0.25) is 9.48 Å². The lowest BCUT2D eigenvalue weighted by Gasteiger charge is -2.34. The maximum atomic E-state index is 13.5. The van der Waals surface area contributed by atoms with Crippen molar-refractivity contribution >= 4 is 29.0 Å². The lowest BCUT2D eigenvalue weighted by Crippen LogP contribution is -2.39. The number of likely N-dealkylation sites (tertiary alicyclic amines) is 1. The van der Waals surface area contributed by atoms with Crippen LogP contribution in [0.25, 0.3) is 5.65 Å². The van der Waals surface area contributed by atoms with Gasteiger partial charge >= 0.3 is 0 Å². The summed E-state index contributed by atoms with van der Waals surface area (Å²) in [5.41, 5.74) is 3.94. The molecule has 0 unspecified atom stereocenters. The quantitative estimate of drug-likeness (QED) is 0.598. The summed E-state index contributed by atoms with van der Waals surface area (Å²) in [7, 11) is 1.77. The topological polar surface area (TPSA) is 71.6 Å². The fourth-order valence-electron chi connectivity index (χ4n) is 5.11. The van der Waals surface area contributed by atoms with Crippen molar-refractivity contribution in [3.63, 3.8) is 0 Å². The van der Waals surface area contributed by atoms with Crippen LogP contribution in [0, 0.1) is 19.8 Å². The van der Waals surface area contributed by atoms with E-state index < -0.39 is 0 Å². The third kappa shape index (κ3) is 3.54. The number of rotatable bonds is 3. The normalized spacial score (nSPS) is 21.7. The van der Waals surface area contributed by atoms with Crippen LogP contribution in [0.15, 0.2) is 12.3 Å². The van der Waals surface area contributed by atoms with Crippen LogP contribution in [0.1, 0.15) is 66.1 Å². The second kappa shape index (κ2) is 8.06.